The number of benzene rings is 3. The summed E-state index contributed by atoms with van der Waals surface area (Å²) in [6.45, 7) is 7.77. The van der Waals surface area contributed by atoms with Gasteiger partial charge in [0.1, 0.15) is 23.8 Å². The Balaban J connectivity index is 1.73. The first-order chi connectivity index (χ1) is 15.9. The minimum Gasteiger partial charge on any atom is -0.492 e. The van der Waals surface area contributed by atoms with Gasteiger partial charge < -0.3 is 14.7 Å². The zero-order valence-corrected chi connectivity index (χ0v) is 20.2. The van der Waals surface area contributed by atoms with Crippen molar-refractivity contribution in [2.75, 3.05) is 26.2 Å². The molecule has 0 radical (unpaired) electrons. The fourth-order valence-corrected chi connectivity index (χ4v) is 4.17. The summed E-state index contributed by atoms with van der Waals surface area (Å²) >= 11 is 5.98. The zero-order valence-electron chi connectivity index (χ0n) is 19.4. The minimum atomic E-state index is -1.22. The minimum absolute atomic E-state index is 0.320. The molecule has 5 heteroatoms. The molecule has 3 aromatic carbocycles. The van der Waals surface area contributed by atoms with Crippen molar-refractivity contribution in [1.29, 1.82) is 0 Å². The second-order valence-electron chi connectivity index (χ2n) is 8.25. The quantitative estimate of drug-likeness (QED) is 0.330. The van der Waals surface area contributed by atoms with Gasteiger partial charge in [-0.2, -0.15) is 0 Å². The summed E-state index contributed by atoms with van der Waals surface area (Å²) in [5.41, 5.74) is 1.38. The van der Waals surface area contributed by atoms with E-state index in [1.54, 1.807) is 12.1 Å². The second kappa shape index (κ2) is 12.2. The molecular weight excluding hydrogens is 437 g/mol. The summed E-state index contributed by atoms with van der Waals surface area (Å²) < 4.78 is 19.4. The van der Waals surface area contributed by atoms with Crippen LogP contribution in [-0.4, -0.2) is 36.2 Å². The van der Waals surface area contributed by atoms with Crippen LogP contribution in [0.2, 0.25) is 5.02 Å². The third-order valence-electron chi connectivity index (χ3n) is 6.14. The number of likely N-dealkylation sites (N-methyl/N-ethyl adjacent to an activating group) is 1. The Kier molecular flexibility index (Phi) is 9.30. The molecule has 0 aromatic heterocycles. The van der Waals surface area contributed by atoms with Gasteiger partial charge in [0.2, 0.25) is 0 Å². The maximum atomic E-state index is 13.6. The molecule has 0 heterocycles. The average Bonchev–Trinajstić information content (AvgIpc) is 2.84. The van der Waals surface area contributed by atoms with Crippen molar-refractivity contribution in [3.05, 3.63) is 100 Å². The van der Waals surface area contributed by atoms with Crippen LogP contribution in [-0.2, 0) is 12.0 Å². The van der Waals surface area contributed by atoms with Gasteiger partial charge in [-0.1, -0.05) is 61.8 Å². The van der Waals surface area contributed by atoms with Crippen molar-refractivity contribution in [1.82, 2.24) is 4.90 Å². The van der Waals surface area contributed by atoms with E-state index in [-0.39, 0.29) is 5.82 Å². The number of nitrogens with zero attached hydrogens (tertiary/aromatic N) is 1. The van der Waals surface area contributed by atoms with Crippen LogP contribution in [0.5, 0.6) is 5.75 Å². The lowest BCUT2D eigenvalue weighted by Crippen LogP contribution is -2.28. The van der Waals surface area contributed by atoms with Crippen LogP contribution in [0.1, 0.15) is 43.4 Å². The lowest BCUT2D eigenvalue weighted by molar-refractivity contribution is 0.0686. The molecule has 3 rings (SSSR count). The lowest BCUT2D eigenvalue weighted by Gasteiger charge is -2.30. The zero-order chi connectivity index (χ0) is 23.7. The van der Waals surface area contributed by atoms with E-state index in [1.165, 1.54) is 12.1 Å². The monoisotopic (exact) mass is 469 g/mol. The molecule has 0 saturated carbocycles. The maximum Gasteiger partial charge on any atom is 0.123 e. The van der Waals surface area contributed by atoms with E-state index in [1.807, 2.05) is 48.5 Å². The maximum absolute atomic E-state index is 13.6. The number of halogens is 2. The molecule has 3 aromatic rings. The van der Waals surface area contributed by atoms with Crippen LogP contribution in [0.3, 0.4) is 0 Å². The van der Waals surface area contributed by atoms with E-state index < -0.39 is 5.60 Å². The number of aryl methyl sites for hydroxylation is 1. The average molecular weight is 470 g/mol. The van der Waals surface area contributed by atoms with Crippen molar-refractivity contribution < 1.29 is 14.2 Å². The Morgan fingerprint density at radius 1 is 0.879 bits per heavy atom. The molecular formula is C28H33ClFNO2. The number of ether oxygens (including phenoxy) is 1. The van der Waals surface area contributed by atoms with Crippen LogP contribution < -0.4 is 4.74 Å². The highest BCUT2D eigenvalue weighted by Crippen LogP contribution is 2.35. The van der Waals surface area contributed by atoms with E-state index in [4.69, 9.17) is 16.3 Å². The Bertz CT molecular complexity index is 972. The normalized spacial score (nSPS) is 13.2. The molecule has 1 atom stereocenters. The lowest BCUT2D eigenvalue weighted by atomic mass is 9.82. The summed E-state index contributed by atoms with van der Waals surface area (Å²) in [5.74, 6) is 0.452. The van der Waals surface area contributed by atoms with Gasteiger partial charge in [0, 0.05) is 11.6 Å². The van der Waals surface area contributed by atoms with Gasteiger partial charge in [0.25, 0.3) is 0 Å². The van der Waals surface area contributed by atoms with E-state index in [0.717, 1.165) is 49.4 Å². The van der Waals surface area contributed by atoms with Crippen LogP contribution in [0.15, 0.2) is 72.8 Å². The topological polar surface area (TPSA) is 32.7 Å². The molecule has 1 unspecified atom stereocenters. The summed E-state index contributed by atoms with van der Waals surface area (Å²) in [6.07, 6.45) is 2.08. The van der Waals surface area contributed by atoms with Crippen molar-refractivity contribution >= 4 is 11.6 Å². The van der Waals surface area contributed by atoms with E-state index in [9.17, 15) is 9.50 Å². The predicted molar refractivity (Wildman–Crippen MR) is 134 cm³/mol. The Hall–Kier alpha value is -2.40. The molecule has 0 saturated heterocycles. The van der Waals surface area contributed by atoms with Gasteiger partial charge in [0.15, 0.2) is 0 Å². The molecule has 0 bridgehead atoms. The molecule has 1 N–H and O–H groups in total. The standard InChI is InChI=1S/C28H33ClFNO2/c1-3-31(4-2)20-21-33-27-17-11-24(12-18-27)28(32,23-9-15-26(30)16-10-23)19-5-6-22-7-13-25(29)14-8-22/h7-18,32H,3-6,19-21H2,1-2H3. The Labute approximate surface area is 201 Å². The first-order valence-corrected chi connectivity index (χ1v) is 12.0. The first-order valence-electron chi connectivity index (χ1n) is 11.6. The number of rotatable bonds is 12. The van der Waals surface area contributed by atoms with Gasteiger partial charge in [-0.05, 0) is 85.4 Å². The molecule has 0 aliphatic rings. The van der Waals surface area contributed by atoms with Gasteiger partial charge in [0.05, 0.1) is 0 Å². The van der Waals surface area contributed by atoms with E-state index in [2.05, 4.69) is 18.7 Å². The summed E-state index contributed by atoms with van der Waals surface area (Å²) in [6, 6.07) is 21.5. The summed E-state index contributed by atoms with van der Waals surface area (Å²) in [5, 5.41) is 12.5. The van der Waals surface area contributed by atoms with Crippen molar-refractivity contribution in [2.24, 2.45) is 0 Å². The van der Waals surface area contributed by atoms with Crippen molar-refractivity contribution in [2.45, 2.75) is 38.7 Å². The number of hydrogen-bond donors (Lipinski definition) is 1. The van der Waals surface area contributed by atoms with Gasteiger partial charge in [-0.15, -0.1) is 0 Å². The van der Waals surface area contributed by atoms with Crippen molar-refractivity contribution in [3.63, 3.8) is 0 Å². The SMILES string of the molecule is CCN(CC)CCOc1ccc(C(O)(CCCc2ccc(Cl)cc2)c2ccc(F)cc2)cc1. The molecule has 0 fully saturated rings. The molecule has 0 aliphatic carbocycles. The first kappa shape index (κ1) is 25.2. The summed E-state index contributed by atoms with van der Waals surface area (Å²) in [7, 11) is 0. The van der Waals surface area contributed by atoms with Gasteiger partial charge in [-0.25, -0.2) is 4.39 Å². The molecule has 3 nitrogen and oxygen atoms in total. The number of aliphatic hydroxyl groups is 1. The molecule has 0 spiro atoms. The number of hydrogen-bond acceptors (Lipinski definition) is 3. The highest BCUT2D eigenvalue weighted by Gasteiger charge is 2.31. The van der Waals surface area contributed by atoms with Crippen LogP contribution in [0.4, 0.5) is 4.39 Å². The second-order valence-corrected chi connectivity index (χ2v) is 8.68. The van der Waals surface area contributed by atoms with Crippen LogP contribution >= 0.6 is 11.6 Å². The van der Waals surface area contributed by atoms with Crippen molar-refractivity contribution in [3.8, 4) is 5.75 Å². The highest BCUT2D eigenvalue weighted by molar-refractivity contribution is 6.30. The van der Waals surface area contributed by atoms with Crippen LogP contribution in [0.25, 0.3) is 0 Å². The van der Waals surface area contributed by atoms with Gasteiger partial charge >= 0.3 is 0 Å². The smallest absolute Gasteiger partial charge is 0.123 e. The molecule has 176 valence electrons. The highest BCUT2D eigenvalue weighted by atomic mass is 35.5. The fraction of sp³-hybridized carbons (Fsp3) is 0.357. The predicted octanol–water partition coefficient (Wildman–Crippen LogP) is 6.46. The third-order valence-corrected chi connectivity index (χ3v) is 6.39. The largest absolute Gasteiger partial charge is 0.492 e. The Morgan fingerprint density at radius 2 is 1.45 bits per heavy atom. The third kappa shape index (κ3) is 7.04. The fourth-order valence-electron chi connectivity index (χ4n) is 4.04. The molecule has 0 amide bonds. The van der Waals surface area contributed by atoms with Crippen LogP contribution in [0, 0.1) is 5.82 Å². The van der Waals surface area contributed by atoms with E-state index in [0.29, 0.717) is 23.6 Å². The molecule has 0 aliphatic heterocycles. The summed E-state index contributed by atoms with van der Waals surface area (Å²) in [4.78, 5) is 2.31. The van der Waals surface area contributed by atoms with Gasteiger partial charge in [-0.3, -0.25) is 0 Å². The van der Waals surface area contributed by atoms with E-state index >= 15 is 0 Å². The Morgan fingerprint density at radius 3 is 2.03 bits per heavy atom. The molecule has 33 heavy (non-hydrogen) atoms.